The first-order valence-electron chi connectivity index (χ1n) is 13.8. The van der Waals surface area contributed by atoms with Gasteiger partial charge in [-0.15, -0.1) is 5.10 Å². The van der Waals surface area contributed by atoms with E-state index in [-0.39, 0.29) is 19.1 Å². The molecule has 0 saturated carbocycles. The molecule has 1 fully saturated rings. The van der Waals surface area contributed by atoms with E-state index in [1.54, 1.807) is 4.90 Å². The number of hydrogen-bond donors (Lipinski definition) is 0. The first-order valence-corrected chi connectivity index (χ1v) is 13.8. The lowest BCUT2D eigenvalue weighted by molar-refractivity contribution is -0.270. The molecule has 1 aromatic heterocycles. The van der Waals surface area contributed by atoms with Gasteiger partial charge in [-0.3, -0.25) is 24.0 Å². The monoisotopic (exact) mass is 598 g/mol. The molecule has 0 radical (unpaired) electrons. The van der Waals surface area contributed by atoms with Crippen LogP contribution in [0.1, 0.15) is 64.9 Å². The average Bonchev–Trinajstić information content (AvgIpc) is 3.50. The van der Waals surface area contributed by atoms with Crippen LogP contribution < -0.4 is 4.90 Å². The van der Waals surface area contributed by atoms with Crippen molar-refractivity contribution in [3.05, 3.63) is 47.8 Å². The number of para-hydroxylation sites is 1. The SMILES string of the molecule is CCC/C=C1/C(=O)N(Cc2cn([C@@H]3O[C@H](COC(C)=O)[C@@H](OC(C)=O)[C@H](OC(C)=O)[C@H]3OC(C)=O)nn2)c2ccccc21. The molecule has 0 spiro atoms. The normalized spacial score (nSPS) is 23.9. The predicted molar refractivity (Wildman–Crippen MR) is 148 cm³/mol. The third-order valence-corrected chi connectivity index (χ3v) is 6.70. The van der Waals surface area contributed by atoms with Gasteiger partial charge in [0.25, 0.3) is 5.91 Å². The number of fused-ring (bicyclic) bond motifs is 1. The number of esters is 4. The number of benzene rings is 1. The van der Waals surface area contributed by atoms with Crippen LogP contribution in [0.5, 0.6) is 0 Å². The van der Waals surface area contributed by atoms with Gasteiger partial charge in [-0.05, 0) is 12.5 Å². The second-order valence-electron chi connectivity index (χ2n) is 10.1. The van der Waals surface area contributed by atoms with E-state index in [4.69, 9.17) is 23.7 Å². The zero-order valence-electron chi connectivity index (χ0n) is 24.6. The highest BCUT2D eigenvalue weighted by molar-refractivity contribution is 6.32. The topological polar surface area (TPSA) is 165 Å². The highest BCUT2D eigenvalue weighted by atomic mass is 16.7. The third kappa shape index (κ3) is 7.25. The van der Waals surface area contributed by atoms with Crippen molar-refractivity contribution in [3.8, 4) is 0 Å². The first-order chi connectivity index (χ1) is 20.5. The van der Waals surface area contributed by atoms with Crippen molar-refractivity contribution in [2.45, 2.75) is 84.6 Å². The van der Waals surface area contributed by atoms with Crippen LogP contribution in [0, 0.1) is 0 Å². The lowest BCUT2D eigenvalue weighted by Crippen LogP contribution is -2.60. The number of hydrogen-bond acceptors (Lipinski definition) is 12. The predicted octanol–water partition coefficient (Wildman–Crippen LogP) is 2.26. The zero-order valence-corrected chi connectivity index (χ0v) is 24.6. The van der Waals surface area contributed by atoms with Crippen LogP contribution in [0.4, 0.5) is 5.69 Å². The Kier molecular flexibility index (Phi) is 9.91. The summed E-state index contributed by atoms with van der Waals surface area (Å²) in [6, 6.07) is 7.46. The van der Waals surface area contributed by atoms with Crippen LogP contribution >= 0.6 is 0 Å². The molecule has 14 heteroatoms. The number of ether oxygens (including phenoxy) is 5. The van der Waals surface area contributed by atoms with E-state index in [2.05, 4.69) is 10.3 Å². The molecule has 5 atom stereocenters. The third-order valence-electron chi connectivity index (χ3n) is 6.70. The van der Waals surface area contributed by atoms with Crippen LogP contribution in [0.25, 0.3) is 5.57 Å². The summed E-state index contributed by atoms with van der Waals surface area (Å²) in [7, 11) is 0. The lowest BCUT2D eigenvalue weighted by atomic mass is 9.97. The number of unbranched alkanes of at least 4 members (excludes halogenated alkanes) is 1. The van der Waals surface area contributed by atoms with Crippen LogP contribution in [-0.4, -0.2) is 75.8 Å². The van der Waals surface area contributed by atoms with Gasteiger partial charge in [0, 0.05) is 38.8 Å². The molecular weight excluding hydrogens is 564 g/mol. The quantitative estimate of drug-likeness (QED) is 0.223. The molecule has 0 bridgehead atoms. The Morgan fingerprint density at radius 1 is 0.930 bits per heavy atom. The minimum Gasteiger partial charge on any atom is -0.463 e. The summed E-state index contributed by atoms with van der Waals surface area (Å²) >= 11 is 0. The molecule has 0 aliphatic carbocycles. The van der Waals surface area contributed by atoms with Gasteiger partial charge in [-0.2, -0.15) is 0 Å². The van der Waals surface area contributed by atoms with E-state index in [0.717, 1.165) is 44.9 Å². The second-order valence-corrected chi connectivity index (χ2v) is 10.1. The maximum absolute atomic E-state index is 13.4. The maximum Gasteiger partial charge on any atom is 0.303 e. The second kappa shape index (κ2) is 13.6. The number of anilines is 1. The molecule has 14 nitrogen and oxygen atoms in total. The number of allylic oxidation sites excluding steroid dienone is 1. The van der Waals surface area contributed by atoms with Crippen LogP contribution in [0.15, 0.2) is 36.5 Å². The van der Waals surface area contributed by atoms with Crippen molar-refractivity contribution >= 4 is 41.0 Å². The van der Waals surface area contributed by atoms with Crippen LogP contribution in [-0.2, 0) is 54.2 Å². The highest BCUT2D eigenvalue weighted by Gasteiger charge is 2.53. The van der Waals surface area contributed by atoms with Crippen LogP contribution in [0.3, 0.4) is 0 Å². The van der Waals surface area contributed by atoms with Crippen molar-refractivity contribution in [2.24, 2.45) is 0 Å². The summed E-state index contributed by atoms with van der Waals surface area (Å²) in [4.78, 5) is 62.8. The molecule has 43 heavy (non-hydrogen) atoms. The van der Waals surface area contributed by atoms with Gasteiger partial charge in [-0.25, -0.2) is 4.68 Å². The first kappa shape index (κ1) is 31.3. The van der Waals surface area contributed by atoms with Crippen molar-refractivity contribution in [2.75, 3.05) is 11.5 Å². The Morgan fingerprint density at radius 2 is 1.58 bits per heavy atom. The average molecular weight is 599 g/mol. The van der Waals surface area contributed by atoms with Gasteiger partial charge >= 0.3 is 23.9 Å². The molecule has 2 aromatic rings. The van der Waals surface area contributed by atoms with E-state index < -0.39 is 54.5 Å². The van der Waals surface area contributed by atoms with Gasteiger partial charge < -0.3 is 28.6 Å². The summed E-state index contributed by atoms with van der Waals surface area (Å²) in [6.45, 7) is 6.36. The molecule has 2 aliphatic heterocycles. The van der Waals surface area contributed by atoms with E-state index in [9.17, 15) is 24.0 Å². The molecule has 2 aliphatic rings. The molecular formula is C29H34N4O10. The van der Waals surface area contributed by atoms with E-state index in [1.807, 2.05) is 37.3 Å². The van der Waals surface area contributed by atoms with Gasteiger partial charge in [0.1, 0.15) is 18.4 Å². The molecule has 3 heterocycles. The summed E-state index contributed by atoms with van der Waals surface area (Å²) in [5, 5.41) is 8.38. The standard InChI is InChI=1S/C29H34N4O10/c1-6-7-10-22-21-11-8-9-12-23(21)32(28(22)38)13-20-14-33(31-30-20)29-27(42-19(5)37)26(41-18(4)36)25(40-17(3)35)24(43-29)15-39-16(2)34/h8-12,14,24-27,29H,6-7,13,15H2,1-5H3/b22-10+/t24-,25-,26+,27-,29-/m1/s1. The fourth-order valence-corrected chi connectivity index (χ4v) is 5.04. The largest absolute Gasteiger partial charge is 0.463 e. The molecule has 0 N–H and O–H groups in total. The van der Waals surface area contributed by atoms with Gasteiger partial charge in [0.15, 0.2) is 24.5 Å². The number of carbonyl (C=O) groups is 5. The van der Waals surface area contributed by atoms with E-state index in [0.29, 0.717) is 11.3 Å². The maximum atomic E-state index is 13.4. The molecule has 1 amide bonds. The molecule has 1 saturated heterocycles. The molecule has 230 valence electrons. The molecule has 0 unspecified atom stereocenters. The molecule has 1 aromatic carbocycles. The Labute approximate surface area is 247 Å². The van der Waals surface area contributed by atoms with Crippen molar-refractivity contribution in [3.63, 3.8) is 0 Å². The zero-order chi connectivity index (χ0) is 31.3. The van der Waals surface area contributed by atoms with Gasteiger partial charge in [0.2, 0.25) is 0 Å². The number of nitrogens with zero attached hydrogens (tertiary/aromatic N) is 4. The fraction of sp³-hybridized carbons (Fsp3) is 0.483. The smallest absolute Gasteiger partial charge is 0.303 e. The summed E-state index contributed by atoms with van der Waals surface area (Å²) in [5.74, 6) is -3.01. The summed E-state index contributed by atoms with van der Waals surface area (Å²) < 4.78 is 28.9. The highest BCUT2D eigenvalue weighted by Crippen LogP contribution is 2.38. The Balaban J connectivity index is 1.68. The van der Waals surface area contributed by atoms with Crippen LogP contribution in [0.2, 0.25) is 0 Å². The van der Waals surface area contributed by atoms with E-state index >= 15 is 0 Å². The summed E-state index contributed by atoms with van der Waals surface area (Å²) in [5.41, 5.74) is 2.56. The number of amides is 1. The number of carbonyl (C=O) groups excluding carboxylic acids is 5. The Hall–Kier alpha value is -4.59. The Morgan fingerprint density at radius 3 is 2.23 bits per heavy atom. The minimum atomic E-state index is -1.35. The van der Waals surface area contributed by atoms with Gasteiger partial charge in [-0.1, -0.05) is 42.8 Å². The van der Waals surface area contributed by atoms with Crippen molar-refractivity contribution < 1.29 is 47.7 Å². The number of aromatic nitrogens is 3. The van der Waals surface area contributed by atoms with E-state index in [1.165, 1.54) is 17.8 Å². The lowest BCUT2D eigenvalue weighted by Gasteiger charge is -2.44. The Bertz CT molecular complexity index is 1420. The van der Waals surface area contributed by atoms with Crippen molar-refractivity contribution in [1.82, 2.24) is 15.0 Å². The number of rotatable bonds is 10. The molecule has 4 rings (SSSR count). The summed E-state index contributed by atoms with van der Waals surface area (Å²) in [6.07, 6.45) is -1.30. The fourth-order valence-electron chi connectivity index (χ4n) is 5.04. The van der Waals surface area contributed by atoms with Gasteiger partial charge in [0.05, 0.1) is 18.4 Å². The minimum absolute atomic E-state index is 0.0740. The van der Waals surface area contributed by atoms with Crippen molar-refractivity contribution in [1.29, 1.82) is 0 Å².